The van der Waals surface area contributed by atoms with Gasteiger partial charge in [-0.05, 0) is 38.5 Å². The number of hydrogen-bond acceptors (Lipinski definition) is 5. The van der Waals surface area contributed by atoms with Gasteiger partial charge in [0, 0.05) is 44.1 Å². The second kappa shape index (κ2) is 8.68. The molecule has 6 nitrogen and oxygen atoms in total. The predicted molar refractivity (Wildman–Crippen MR) is 106 cm³/mol. The summed E-state index contributed by atoms with van der Waals surface area (Å²) in [4.78, 5) is 23.8. The van der Waals surface area contributed by atoms with E-state index >= 15 is 0 Å². The van der Waals surface area contributed by atoms with Crippen LogP contribution in [0.5, 0.6) is 0 Å². The van der Waals surface area contributed by atoms with Crippen LogP contribution in [0, 0.1) is 5.82 Å². The smallest absolute Gasteiger partial charge is 0.410 e. The quantitative estimate of drug-likeness (QED) is 0.664. The Kier molecular flexibility index (Phi) is 6.38. The van der Waals surface area contributed by atoms with Gasteiger partial charge in [0.05, 0.1) is 0 Å². The first kappa shape index (κ1) is 22.8. The third kappa shape index (κ3) is 5.83. The minimum atomic E-state index is -4.58. The van der Waals surface area contributed by atoms with Crippen molar-refractivity contribution in [3.05, 3.63) is 53.6 Å². The molecule has 2 heterocycles. The fourth-order valence-corrected chi connectivity index (χ4v) is 3.28. The average Bonchev–Trinajstić information content (AvgIpc) is 2.68. The highest BCUT2D eigenvalue weighted by atomic mass is 19.4. The second-order valence-electron chi connectivity index (χ2n) is 8.30. The van der Waals surface area contributed by atoms with Crippen molar-refractivity contribution in [3.8, 4) is 0 Å². The summed E-state index contributed by atoms with van der Waals surface area (Å²) in [5.41, 5.74) is -0.807. The van der Waals surface area contributed by atoms with Crippen molar-refractivity contribution in [1.82, 2.24) is 14.9 Å². The summed E-state index contributed by atoms with van der Waals surface area (Å²) in [6.45, 7) is 7.00. The molecule has 3 rings (SSSR count). The molecule has 10 heteroatoms. The van der Waals surface area contributed by atoms with Crippen LogP contribution in [0.25, 0.3) is 0 Å². The molecule has 0 bridgehead atoms. The van der Waals surface area contributed by atoms with Crippen LogP contribution in [-0.2, 0) is 4.74 Å². The molecule has 1 aromatic carbocycles. The van der Waals surface area contributed by atoms with E-state index in [2.05, 4.69) is 9.97 Å². The molecule has 1 atom stereocenters. The molecule has 0 aliphatic carbocycles. The number of carbonyl (C=O) groups excluding carboxylic acids is 1. The predicted octanol–water partition coefficient (Wildman–Crippen LogP) is 4.37. The lowest BCUT2D eigenvalue weighted by Gasteiger charge is -2.35. The van der Waals surface area contributed by atoms with Gasteiger partial charge in [0.1, 0.15) is 17.3 Å². The van der Waals surface area contributed by atoms with Crippen molar-refractivity contribution in [1.29, 1.82) is 0 Å². The number of anilines is 1. The molecule has 2 aromatic rings. The highest BCUT2D eigenvalue weighted by Crippen LogP contribution is 2.39. The minimum absolute atomic E-state index is 0.0868. The molecular formula is C21H24F4N4O2. The number of benzene rings is 1. The minimum Gasteiger partial charge on any atom is -0.444 e. The summed E-state index contributed by atoms with van der Waals surface area (Å²) in [6.07, 6.45) is -2.70. The molecule has 0 N–H and O–H groups in total. The topological polar surface area (TPSA) is 58.6 Å². The maximum atomic E-state index is 13.7. The van der Waals surface area contributed by atoms with Crippen LogP contribution in [0.3, 0.4) is 0 Å². The number of ether oxygens (including phenoxy) is 1. The zero-order chi connectivity index (χ0) is 22.8. The van der Waals surface area contributed by atoms with Crippen LogP contribution in [0.4, 0.5) is 28.3 Å². The van der Waals surface area contributed by atoms with E-state index in [0.29, 0.717) is 26.2 Å². The molecule has 1 aliphatic rings. The van der Waals surface area contributed by atoms with Crippen LogP contribution in [-0.4, -0.2) is 58.9 Å². The molecule has 1 saturated heterocycles. The first-order valence-corrected chi connectivity index (χ1v) is 9.81. The first-order chi connectivity index (χ1) is 14.4. The summed E-state index contributed by atoms with van der Waals surface area (Å²) in [6, 6.07) is 4.20. The van der Waals surface area contributed by atoms with E-state index in [1.165, 1.54) is 0 Å². The summed E-state index contributed by atoms with van der Waals surface area (Å²) >= 11 is 0. The maximum absolute atomic E-state index is 13.7. The Bertz CT molecular complexity index is 888. The Morgan fingerprint density at radius 2 is 1.52 bits per heavy atom. The molecule has 1 aliphatic heterocycles. The monoisotopic (exact) mass is 440 g/mol. The molecule has 1 aromatic heterocycles. The first-order valence-electron chi connectivity index (χ1n) is 9.81. The summed E-state index contributed by atoms with van der Waals surface area (Å²) in [5, 5.41) is 0. The third-order valence-electron chi connectivity index (χ3n) is 4.74. The van der Waals surface area contributed by atoms with E-state index in [1.807, 2.05) is 0 Å². The number of hydrogen-bond donors (Lipinski definition) is 0. The van der Waals surface area contributed by atoms with Gasteiger partial charge in [-0.1, -0.05) is 12.1 Å². The van der Waals surface area contributed by atoms with Gasteiger partial charge in [0.25, 0.3) is 0 Å². The van der Waals surface area contributed by atoms with Gasteiger partial charge in [-0.15, -0.1) is 0 Å². The van der Waals surface area contributed by atoms with Gasteiger partial charge in [-0.2, -0.15) is 13.2 Å². The molecule has 1 amide bonds. The van der Waals surface area contributed by atoms with E-state index < -0.39 is 29.6 Å². The Morgan fingerprint density at radius 1 is 0.968 bits per heavy atom. The number of amides is 1. The Morgan fingerprint density at radius 3 is 2.00 bits per heavy atom. The lowest BCUT2D eigenvalue weighted by Crippen LogP contribution is -2.50. The highest BCUT2D eigenvalue weighted by Gasteiger charge is 2.42. The van der Waals surface area contributed by atoms with Gasteiger partial charge in [-0.3, -0.25) is 0 Å². The molecule has 0 saturated carbocycles. The fraction of sp³-hybridized carbons (Fsp3) is 0.476. The van der Waals surface area contributed by atoms with Gasteiger partial charge in [0.2, 0.25) is 5.95 Å². The highest BCUT2D eigenvalue weighted by molar-refractivity contribution is 5.68. The van der Waals surface area contributed by atoms with Crippen molar-refractivity contribution in [2.24, 2.45) is 0 Å². The SMILES string of the molecule is CC(C)(C)OC(=O)N1CCN(c2ncc(C(c3ccc(F)cc3)C(F)(F)F)cn2)CC1. The third-order valence-corrected chi connectivity index (χ3v) is 4.74. The largest absolute Gasteiger partial charge is 0.444 e. The van der Waals surface area contributed by atoms with E-state index in [4.69, 9.17) is 4.74 Å². The van der Waals surface area contributed by atoms with E-state index in [9.17, 15) is 22.4 Å². The van der Waals surface area contributed by atoms with Gasteiger partial charge < -0.3 is 14.5 Å². The summed E-state index contributed by atoms with van der Waals surface area (Å²) < 4.78 is 59.5. The summed E-state index contributed by atoms with van der Waals surface area (Å²) in [7, 11) is 0. The number of alkyl halides is 3. The van der Waals surface area contributed by atoms with Crippen molar-refractivity contribution < 1.29 is 27.1 Å². The van der Waals surface area contributed by atoms with Gasteiger partial charge in [-0.25, -0.2) is 19.2 Å². The van der Waals surface area contributed by atoms with Crippen molar-refractivity contribution in [3.63, 3.8) is 0 Å². The Labute approximate surface area is 177 Å². The van der Waals surface area contributed by atoms with Crippen molar-refractivity contribution in [2.45, 2.75) is 38.5 Å². The number of piperazine rings is 1. The fourth-order valence-electron chi connectivity index (χ4n) is 3.28. The molecule has 0 radical (unpaired) electrons. The molecule has 31 heavy (non-hydrogen) atoms. The number of rotatable bonds is 3. The van der Waals surface area contributed by atoms with Crippen molar-refractivity contribution >= 4 is 12.0 Å². The standard InChI is InChI=1S/C21H24F4N4O2/c1-20(2,3)31-19(30)29-10-8-28(9-11-29)18-26-12-15(13-27-18)17(21(23,24)25)14-4-6-16(22)7-5-14/h4-7,12-13,17H,8-11H2,1-3H3. The molecule has 0 spiro atoms. The van der Waals surface area contributed by atoms with E-state index in [0.717, 1.165) is 36.7 Å². The molecule has 1 fully saturated rings. The number of carbonyl (C=O) groups is 1. The van der Waals surface area contributed by atoms with E-state index in [-0.39, 0.29) is 17.1 Å². The number of halogens is 4. The van der Waals surface area contributed by atoms with Crippen LogP contribution < -0.4 is 4.90 Å². The molecular weight excluding hydrogens is 416 g/mol. The molecule has 168 valence electrons. The lowest BCUT2D eigenvalue weighted by atomic mass is 9.93. The van der Waals surface area contributed by atoms with E-state index in [1.54, 1.807) is 30.6 Å². The maximum Gasteiger partial charge on any atom is 0.410 e. The number of aromatic nitrogens is 2. The zero-order valence-electron chi connectivity index (χ0n) is 17.5. The second-order valence-corrected chi connectivity index (χ2v) is 8.30. The van der Waals surface area contributed by atoms with Crippen LogP contribution in [0.1, 0.15) is 37.8 Å². The Hall–Kier alpha value is -2.91. The normalized spacial score (nSPS) is 16.2. The van der Waals surface area contributed by atoms with Crippen LogP contribution >= 0.6 is 0 Å². The zero-order valence-corrected chi connectivity index (χ0v) is 17.5. The van der Waals surface area contributed by atoms with Crippen LogP contribution in [0.15, 0.2) is 36.7 Å². The molecule has 1 unspecified atom stereocenters. The van der Waals surface area contributed by atoms with Crippen LogP contribution in [0.2, 0.25) is 0 Å². The lowest BCUT2D eigenvalue weighted by molar-refractivity contribution is -0.141. The van der Waals surface area contributed by atoms with Gasteiger partial charge >= 0.3 is 12.3 Å². The Balaban J connectivity index is 1.70. The average molecular weight is 440 g/mol. The number of nitrogens with zero attached hydrogens (tertiary/aromatic N) is 4. The van der Waals surface area contributed by atoms with Gasteiger partial charge in [0.15, 0.2) is 0 Å². The van der Waals surface area contributed by atoms with Crippen molar-refractivity contribution in [2.75, 3.05) is 31.1 Å². The summed E-state index contributed by atoms with van der Waals surface area (Å²) in [5.74, 6) is -2.28.